The fourth-order valence-electron chi connectivity index (χ4n) is 1.80. The average Bonchev–Trinajstić information content (AvgIpc) is 2.49. The first-order chi connectivity index (χ1) is 9.94. The summed E-state index contributed by atoms with van der Waals surface area (Å²) in [6.45, 7) is 0.384. The standard InChI is InChI=1S/C14H14BrFN2O2S/c1-17-21(19,20)14-5-3-2-4-13(14)18-9-10-6-7-12(16)11(15)8-10/h2-8,17-18H,9H2,1H3. The summed E-state index contributed by atoms with van der Waals surface area (Å²) in [7, 11) is -2.17. The largest absolute Gasteiger partial charge is 0.380 e. The van der Waals surface area contributed by atoms with Crippen molar-refractivity contribution in [2.75, 3.05) is 12.4 Å². The molecule has 0 saturated carbocycles. The average molecular weight is 373 g/mol. The highest BCUT2D eigenvalue weighted by Crippen LogP contribution is 2.22. The normalized spacial score (nSPS) is 11.4. The van der Waals surface area contributed by atoms with Crippen LogP contribution in [-0.4, -0.2) is 15.5 Å². The van der Waals surface area contributed by atoms with Crippen molar-refractivity contribution >= 4 is 31.6 Å². The number of hydrogen-bond donors (Lipinski definition) is 2. The molecular formula is C14H14BrFN2O2S. The van der Waals surface area contributed by atoms with Gasteiger partial charge in [-0.1, -0.05) is 18.2 Å². The number of sulfonamides is 1. The molecule has 2 N–H and O–H groups in total. The van der Waals surface area contributed by atoms with E-state index in [4.69, 9.17) is 0 Å². The third kappa shape index (κ3) is 3.81. The van der Waals surface area contributed by atoms with Gasteiger partial charge in [-0.15, -0.1) is 0 Å². The minimum Gasteiger partial charge on any atom is -0.380 e. The van der Waals surface area contributed by atoms with Crippen LogP contribution in [0.4, 0.5) is 10.1 Å². The predicted molar refractivity (Wildman–Crippen MR) is 84.1 cm³/mol. The van der Waals surface area contributed by atoms with Gasteiger partial charge in [-0.3, -0.25) is 0 Å². The van der Waals surface area contributed by atoms with E-state index in [2.05, 4.69) is 26.0 Å². The molecule has 112 valence electrons. The van der Waals surface area contributed by atoms with Crippen LogP contribution in [0.25, 0.3) is 0 Å². The molecule has 0 aliphatic heterocycles. The lowest BCUT2D eigenvalue weighted by molar-refractivity contribution is 0.588. The van der Waals surface area contributed by atoms with Crippen LogP contribution in [0.1, 0.15) is 5.56 Å². The molecule has 4 nitrogen and oxygen atoms in total. The Balaban J connectivity index is 2.23. The second kappa shape index (κ2) is 6.55. The highest BCUT2D eigenvalue weighted by atomic mass is 79.9. The van der Waals surface area contributed by atoms with Gasteiger partial charge in [-0.25, -0.2) is 17.5 Å². The highest BCUT2D eigenvalue weighted by Gasteiger charge is 2.15. The zero-order chi connectivity index (χ0) is 15.5. The van der Waals surface area contributed by atoms with Crippen LogP contribution >= 0.6 is 15.9 Å². The number of para-hydroxylation sites is 1. The Morgan fingerprint density at radius 2 is 1.90 bits per heavy atom. The Morgan fingerprint density at radius 3 is 2.57 bits per heavy atom. The summed E-state index contributed by atoms with van der Waals surface area (Å²) >= 11 is 3.12. The topological polar surface area (TPSA) is 58.2 Å². The molecule has 0 spiro atoms. The van der Waals surface area contributed by atoms with Crippen molar-refractivity contribution in [3.63, 3.8) is 0 Å². The van der Waals surface area contributed by atoms with Gasteiger partial charge in [0.25, 0.3) is 0 Å². The molecule has 0 amide bonds. The first-order valence-electron chi connectivity index (χ1n) is 6.14. The summed E-state index contributed by atoms with van der Waals surface area (Å²) in [5, 5.41) is 3.05. The first-order valence-corrected chi connectivity index (χ1v) is 8.42. The first kappa shape index (κ1) is 15.9. The van der Waals surface area contributed by atoms with Crippen molar-refractivity contribution in [2.24, 2.45) is 0 Å². The Hall–Kier alpha value is -1.44. The van der Waals surface area contributed by atoms with E-state index in [-0.39, 0.29) is 10.7 Å². The van der Waals surface area contributed by atoms with Gasteiger partial charge in [0.2, 0.25) is 10.0 Å². The summed E-state index contributed by atoms with van der Waals surface area (Å²) in [6, 6.07) is 11.3. The molecule has 2 aromatic rings. The van der Waals surface area contributed by atoms with Gasteiger partial charge in [0.1, 0.15) is 10.7 Å². The number of nitrogens with one attached hydrogen (secondary N) is 2. The van der Waals surface area contributed by atoms with Crippen molar-refractivity contribution in [1.29, 1.82) is 0 Å². The zero-order valence-corrected chi connectivity index (χ0v) is 13.6. The van der Waals surface area contributed by atoms with E-state index in [9.17, 15) is 12.8 Å². The predicted octanol–water partition coefficient (Wildman–Crippen LogP) is 3.11. The monoisotopic (exact) mass is 372 g/mol. The number of hydrogen-bond acceptors (Lipinski definition) is 3. The van der Waals surface area contributed by atoms with Crippen LogP contribution < -0.4 is 10.0 Å². The van der Waals surface area contributed by atoms with Gasteiger partial charge in [-0.2, -0.15) is 0 Å². The van der Waals surface area contributed by atoms with Crippen molar-refractivity contribution in [3.05, 3.63) is 58.3 Å². The molecule has 21 heavy (non-hydrogen) atoms. The van der Waals surface area contributed by atoms with Gasteiger partial charge < -0.3 is 5.32 Å². The molecule has 0 radical (unpaired) electrons. The Morgan fingerprint density at radius 1 is 1.19 bits per heavy atom. The molecule has 2 rings (SSSR count). The molecular weight excluding hydrogens is 359 g/mol. The highest BCUT2D eigenvalue weighted by molar-refractivity contribution is 9.10. The molecule has 0 bridgehead atoms. The van der Waals surface area contributed by atoms with Crippen LogP contribution in [0.3, 0.4) is 0 Å². The smallest absolute Gasteiger partial charge is 0.242 e. The summed E-state index contributed by atoms with van der Waals surface area (Å²) in [4.78, 5) is 0.175. The van der Waals surface area contributed by atoms with Crippen LogP contribution in [0.15, 0.2) is 51.8 Å². The van der Waals surface area contributed by atoms with Gasteiger partial charge in [-0.05, 0) is 52.8 Å². The molecule has 0 aromatic heterocycles. The number of anilines is 1. The molecule has 0 aliphatic rings. The maximum absolute atomic E-state index is 13.2. The minimum atomic E-state index is -3.53. The van der Waals surface area contributed by atoms with E-state index in [0.717, 1.165) is 5.56 Å². The van der Waals surface area contributed by atoms with Gasteiger partial charge in [0.15, 0.2) is 0 Å². The third-order valence-electron chi connectivity index (χ3n) is 2.91. The molecule has 0 heterocycles. The van der Waals surface area contributed by atoms with E-state index in [1.165, 1.54) is 19.2 Å². The fourth-order valence-corrected chi connectivity index (χ4v) is 3.14. The van der Waals surface area contributed by atoms with Crippen LogP contribution in [0.2, 0.25) is 0 Å². The van der Waals surface area contributed by atoms with Crippen LogP contribution in [-0.2, 0) is 16.6 Å². The van der Waals surface area contributed by atoms with Gasteiger partial charge >= 0.3 is 0 Å². The Kier molecular flexibility index (Phi) is 4.97. The quantitative estimate of drug-likeness (QED) is 0.847. The lowest BCUT2D eigenvalue weighted by atomic mass is 10.2. The fraction of sp³-hybridized carbons (Fsp3) is 0.143. The summed E-state index contributed by atoms with van der Waals surface area (Å²) in [5.74, 6) is -0.336. The van der Waals surface area contributed by atoms with E-state index in [0.29, 0.717) is 16.7 Å². The van der Waals surface area contributed by atoms with Gasteiger partial charge in [0, 0.05) is 6.54 Å². The SMILES string of the molecule is CNS(=O)(=O)c1ccccc1NCc1ccc(F)c(Br)c1. The van der Waals surface area contributed by atoms with Crippen molar-refractivity contribution in [3.8, 4) is 0 Å². The maximum atomic E-state index is 13.2. The number of halogens is 2. The van der Waals surface area contributed by atoms with E-state index >= 15 is 0 Å². The number of rotatable bonds is 5. The Bertz CT molecular complexity index is 750. The molecule has 0 unspecified atom stereocenters. The summed E-state index contributed by atoms with van der Waals surface area (Å²) < 4.78 is 39.7. The van der Waals surface area contributed by atoms with Crippen molar-refractivity contribution in [1.82, 2.24) is 4.72 Å². The second-order valence-corrected chi connectivity index (χ2v) is 7.02. The lowest BCUT2D eigenvalue weighted by Gasteiger charge is -2.12. The molecule has 7 heteroatoms. The molecule has 0 saturated heterocycles. The summed E-state index contributed by atoms with van der Waals surface area (Å²) in [5.41, 5.74) is 1.33. The van der Waals surface area contributed by atoms with Crippen LogP contribution in [0, 0.1) is 5.82 Å². The zero-order valence-electron chi connectivity index (χ0n) is 11.2. The molecule has 0 aliphatic carbocycles. The van der Waals surface area contributed by atoms with Crippen molar-refractivity contribution in [2.45, 2.75) is 11.4 Å². The minimum absolute atomic E-state index is 0.175. The van der Waals surface area contributed by atoms with Gasteiger partial charge in [0.05, 0.1) is 10.2 Å². The Labute approximate surface area is 131 Å². The van der Waals surface area contributed by atoms with Crippen molar-refractivity contribution < 1.29 is 12.8 Å². The van der Waals surface area contributed by atoms with E-state index < -0.39 is 10.0 Å². The van der Waals surface area contributed by atoms with Crippen LogP contribution in [0.5, 0.6) is 0 Å². The number of benzene rings is 2. The van der Waals surface area contributed by atoms with E-state index in [1.54, 1.807) is 30.3 Å². The maximum Gasteiger partial charge on any atom is 0.242 e. The van der Waals surface area contributed by atoms with E-state index in [1.807, 2.05) is 0 Å². The molecule has 2 aromatic carbocycles. The molecule has 0 atom stereocenters. The third-order valence-corrected chi connectivity index (χ3v) is 4.99. The molecule has 0 fully saturated rings. The second-order valence-electron chi connectivity index (χ2n) is 4.31. The lowest BCUT2D eigenvalue weighted by Crippen LogP contribution is -2.20. The summed E-state index contributed by atoms with van der Waals surface area (Å²) in [6.07, 6.45) is 0.